The number of hydrogen-bond acceptors (Lipinski definition) is 3. The first-order chi connectivity index (χ1) is 9.26. The molecule has 1 aromatic carbocycles. The molecule has 4 nitrogen and oxygen atoms in total. The van der Waals surface area contributed by atoms with Crippen molar-refractivity contribution in [2.45, 2.75) is 26.3 Å². The smallest absolute Gasteiger partial charge is 0.185 e. The van der Waals surface area contributed by atoms with Crippen LogP contribution in [-0.4, -0.2) is 22.7 Å². The Bertz CT molecular complexity index is 561. The normalized spacial score (nSPS) is 10.4. The van der Waals surface area contributed by atoms with E-state index >= 15 is 0 Å². The molecule has 0 atom stereocenters. The molecule has 0 saturated heterocycles. The van der Waals surface area contributed by atoms with Crippen LogP contribution in [0.1, 0.15) is 29.4 Å². The first kappa shape index (κ1) is 13.3. The number of ether oxygens (including phenoxy) is 1. The van der Waals surface area contributed by atoms with Crippen LogP contribution in [0, 0.1) is 0 Å². The number of para-hydroxylation sites is 1. The predicted octanol–water partition coefficient (Wildman–Crippen LogP) is 2.73. The van der Waals surface area contributed by atoms with E-state index in [1.807, 2.05) is 24.3 Å². The van der Waals surface area contributed by atoms with Gasteiger partial charge in [-0.3, -0.25) is 9.48 Å². The van der Waals surface area contributed by atoms with Crippen molar-refractivity contribution in [2.75, 3.05) is 7.11 Å². The highest BCUT2D eigenvalue weighted by molar-refractivity contribution is 5.96. The third-order valence-corrected chi connectivity index (χ3v) is 2.98. The van der Waals surface area contributed by atoms with Gasteiger partial charge in [0.25, 0.3) is 0 Å². The van der Waals surface area contributed by atoms with E-state index in [4.69, 9.17) is 4.74 Å². The lowest BCUT2D eigenvalue weighted by Gasteiger charge is -2.08. The quantitative estimate of drug-likeness (QED) is 0.748. The molecule has 0 unspecified atom stereocenters. The van der Waals surface area contributed by atoms with E-state index < -0.39 is 0 Å². The van der Waals surface area contributed by atoms with Crippen LogP contribution < -0.4 is 4.74 Å². The molecule has 0 N–H and O–H groups in total. The van der Waals surface area contributed by atoms with Crippen molar-refractivity contribution in [3.63, 3.8) is 0 Å². The Labute approximate surface area is 113 Å². The zero-order valence-electron chi connectivity index (χ0n) is 11.3. The Morgan fingerprint density at radius 3 is 2.84 bits per heavy atom. The fourth-order valence-electron chi connectivity index (χ4n) is 2.07. The molecule has 0 aliphatic rings. The van der Waals surface area contributed by atoms with Crippen LogP contribution in [0.4, 0.5) is 0 Å². The number of nitrogens with zero attached hydrogens (tertiary/aromatic N) is 2. The van der Waals surface area contributed by atoms with Crippen LogP contribution in [-0.2, 0) is 13.0 Å². The number of benzene rings is 1. The van der Waals surface area contributed by atoms with Crippen LogP contribution in [0.3, 0.4) is 0 Å². The molecule has 0 fully saturated rings. The van der Waals surface area contributed by atoms with E-state index in [0.717, 1.165) is 24.3 Å². The van der Waals surface area contributed by atoms with Crippen LogP contribution in [0.2, 0.25) is 0 Å². The maximum Gasteiger partial charge on any atom is 0.185 e. The van der Waals surface area contributed by atoms with Crippen LogP contribution in [0.15, 0.2) is 36.5 Å². The lowest BCUT2D eigenvalue weighted by molar-refractivity contribution is 0.0981. The summed E-state index contributed by atoms with van der Waals surface area (Å²) in [7, 11) is 1.62. The Kier molecular flexibility index (Phi) is 4.34. The van der Waals surface area contributed by atoms with E-state index in [2.05, 4.69) is 12.0 Å². The Morgan fingerprint density at radius 2 is 2.11 bits per heavy atom. The van der Waals surface area contributed by atoms with Gasteiger partial charge in [-0.1, -0.05) is 25.1 Å². The molecule has 0 radical (unpaired) electrons. The molecule has 0 aliphatic carbocycles. The average Bonchev–Trinajstić information content (AvgIpc) is 2.88. The van der Waals surface area contributed by atoms with Crippen molar-refractivity contribution in [1.29, 1.82) is 0 Å². The number of Topliss-reactive ketones (excluding diaryl/α,β-unsaturated/α-hetero) is 1. The van der Waals surface area contributed by atoms with E-state index in [0.29, 0.717) is 12.1 Å². The highest BCUT2D eigenvalue weighted by Crippen LogP contribution is 2.19. The SMILES string of the molecule is CCCn1nccc1C(=O)Cc1ccccc1OC. The average molecular weight is 258 g/mol. The molecular formula is C15H18N2O2. The number of carbonyl (C=O) groups is 1. The molecular weight excluding hydrogens is 240 g/mol. The van der Waals surface area contributed by atoms with Crippen molar-refractivity contribution in [3.8, 4) is 5.75 Å². The van der Waals surface area contributed by atoms with Gasteiger partial charge in [-0.25, -0.2) is 0 Å². The summed E-state index contributed by atoms with van der Waals surface area (Å²) in [5.74, 6) is 0.813. The van der Waals surface area contributed by atoms with E-state index in [1.54, 1.807) is 24.1 Å². The summed E-state index contributed by atoms with van der Waals surface area (Å²) in [6.07, 6.45) is 2.96. The molecule has 0 amide bonds. The highest BCUT2D eigenvalue weighted by Gasteiger charge is 2.14. The molecule has 0 saturated carbocycles. The second-order valence-corrected chi connectivity index (χ2v) is 4.35. The minimum Gasteiger partial charge on any atom is -0.496 e. The van der Waals surface area contributed by atoms with Gasteiger partial charge in [0.15, 0.2) is 5.78 Å². The summed E-state index contributed by atoms with van der Waals surface area (Å²) < 4.78 is 7.03. The topological polar surface area (TPSA) is 44.1 Å². The van der Waals surface area contributed by atoms with Crippen LogP contribution in [0.25, 0.3) is 0 Å². The molecule has 1 aromatic heterocycles. The van der Waals surface area contributed by atoms with Gasteiger partial charge in [-0.15, -0.1) is 0 Å². The number of rotatable bonds is 6. The Morgan fingerprint density at radius 1 is 1.32 bits per heavy atom. The van der Waals surface area contributed by atoms with Gasteiger partial charge in [0, 0.05) is 24.7 Å². The summed E-state index contributed by atoms with van der Waals surface area (Å²) in [5, 5.41) is 4.18. The predicted molar refractivity (Wildman–Crippen MR) is 73.5 cm³/mol. The highest BCUT2D eigenvalue weighted by atomic mass is 16.5. The zero-order chi connectivity index (χ0) is 13.7. The fraction of sp³-hybridized carbons (Fsp3) is 0.333. The van der Waals surface area contributed by atoms with Crippen LogP contribution >= 0.6 is 0 Å². The fourth-order valence-corrected chi connectivity index (χ4v) is 2.07. The van der Waals surface area contributed by atoms with Crippen molar-refractivity contribution in [3.05, 3.63) is 47.8 Å². The number of carbonyl (C=O) groups excluding carboxylic acids is 1. The largest absolute Gasteiger partial charge is 0.496 e. The summed E-state index contributed by atoms with van der Waals surface area (Å²) in [4.78, 5) is 12.3. The lowest BCUT2D eigenvalue weighted by Crippen LogP contribution is -2.13. The molecule has 4 heteroatoms. The molecule has 2 rings (SSSR count). The van der Waals surface area contributed by atoms with Gasteiger partial charge in [0.2, 0.25) is 0 Å². The zero-order valence-corrected chi connectivity index (χ0v) is 11.3. The van der Waals surface area contributed by atoms with Gasteiger partial charge in [0.1, 0.15) is 11.4 Å². The monoisotopic (exact) mass is 258 g/mol. The minimum absolute atomic E-state index is 0.0652. The number of hydrogen-bond donors (Lipinski definition) is 0. The van der Waals surface area contributed by atoms with E-state index in [-0.39, 0.29) is 5.78 Å². The molecule has 0 aliphatic heterocycles. The first-order valence-electron chi connectivity index (χ1n) is 6.43. The molecule has 1 heterocycles. The first-order valence-corrected chi connectivity index (χ1v) is 6.43. The summed E-state index contributed by atoms with van der Waals surface area (Å²) >= 11 is 0. The molecule has 2 aromatic rings. The summed E-state index contributed by atoms with van der Waals surface area (Å²) in [6.45, 7) is 2.83. The van der Waals surface area contributed by atoms with E-state index in [9.17, 15) is 4.79 Å². The number of ketones is 1. The second-order valence-electron chi connectivity index (χ2n) is 4.35. The molecule has 19 heavy (non-hydrogen) atoms. The van der Waals surface area contributed by atoms with Gasteiger partial charge in [-0.05, 0) is 18.6 Å². The third-order valence-electron chi connectivity index (χ3n) is 2.98. The number of aryl methyl sites for hydroxylation is 1. The van der Waals surface area contributed by atoms with Crippen molar-refractivity contribution < 1.29 is 9.53 Å². The molecule has 0 spiro atoms. The number of methoxy groups -OCH3 is 1. The van der Waals surface area contributed by atoms with E-state index in [1.165, 1.54) is 0 Å². The maximum absolute atomic E-state index is 12.3. The van der Waals surface area contributed by atoms with Gasteiger partial charge in [-0.2, -0.15) is 5.10 Å². The van der Waals surface area contributed by atoms with Crippen molar-refractivity contribution in [1.82, 2.24) is 9.78 Å². The lowest BCUT2D eigenvalue weighted by atomic mass is 10.1. The Balaban J connectivity index is 2.18. The van der Waals surface area contributed by atoms with Gasteiger partial charge in [0.05, 0.1) is 7.11 Å². The maximum atomic E-state index is 12.3. The van der Waals surface area contributed by atoms with Gasteiger partial charge >= 0.3 is 0 Å². The van der Waals surface area contributed by atoms with Crippen molar-refractivity contribution in [2.24, 2.45) is 0 Å². The summed E-state index contributed by atoms with van der Waals surface area (Å²) in [6, 6.07) is 9.36. The molecule has 100 valence electrons. The minimum atomic E-state index is 0.0652. The Hall–Kier alpha value is -2.10. The van der Waals surface area contributed by atoms with Crippen molar-refractivity contribution >= 4 is 5.78 Å². The second kappa shape index (κ2) is 6.18. The standard InChI is InChI=1S/C15H18N2O2/c1-3-10-17-13(8-9-16-17)14(18)11-12-6-4-5-7-15(12)19-2/h4-9H,3,10-11H2,1-2H3. The van der Waals surface area contributed by atoms with Crippen LogP contribution in [0.5, 0.6) is 5.75 Å². The summed E-state index contributed by atoms with van der Waals surface area (Å²) in [5.41, 5.74) is 1.56. The molecule has 0 bridgehead atoms. The van der Waals surface area contributed by atoms with Gasteiger partial charge < -0.3 is 4.74 Å². The number of aromatic nitrogens is 2. The third kappa shape index (κ3) is 3.02.